The number of hydrogen-bond donors (Lipinski definition) is 2. The third-order valence-corrected chi connectivity index (χ3v) is 2.64. The van der Waals surface area contributed by atoms with Gasteiger partial charge in [-0.05, 0) is 31.0 Å². The minimum atomic E-state index is 0.295. The third kappa shape index (κ3) is 2.69. The molecule has 15 heavy (non-hydrogen) atoms. The summed E-state index contributed by atoms with van der Waals surface area (Å²) in [4.78, 5) is 4.16. The van der Waals surface area contributed by atoms with Gasteiger partial charge >= 0.3 is 0 Å². The van der Waals surface area contributed by atoms with Crippen LogP contribution in [0.4, 0.5) is 5.82 Å². The van der Waals surface area contributed by atoms with Crippen LogP contribution in [0.1, 0.15) is 37.9 Å². The monoisotopic (exact) mass is 207 g/mol. The molecule has 0 amide bonds. The van der Waals surface area contributed by atoms with Crippen molar-refractivity contribution in [3.8, 4) is 0 Å². The molecule has 1 heterocycles. The van der Waals surface area contributed by atoms with Crippen LogP contribution in [0.15, 0.2) is 12.3 Å². The molecule has 0 bridgehead atoms. The van der Waals surface area contributed by atoms with Gasteiger partial charge in [-0.3, -0.25) is 0 Å². The van der Waals surface area contributed by atoms with Crippen LogP contribution in [0, 0.1) is 12.8 Å². The minimum absolute atomic E-state index is 0.295. The fourth-order valence-corrected chi connectivity index (χ4v) is 1.89. The zero-order chi connectivity index (χ0) is 11.4. The van der Waals surface area contributed by atoms with E-state index in [0.717, 1.165) is 12.1 Å². The van der Waals surface area contributed by atoms with E-state index in [9.17, 15) is 0 Å². The van der Waals surface area contributed by atoms with Gasteiger partial charge in [-0.25, -0.2) is 4.98 Å². The van der Waals surface area contributed by atoms with Crippen LogP contribution in [0.25, 0.3) is 0 Å². The summed E-state index contributed by atoms with van der Waals surface area (Å²) in [6.07, 6.45) is 1.76. The minimum Gasteiger partial charge on any atom is -0.383 e. The Morgan fingerprint density at radius 3 is 2.60 bits per heavy atom. The van der Waals surface area contributed by atoms with E-state index in [4.69, 9.17) is 5.73 Å². The molecule has 0 aliphatic heterocycles. The molecule has 1 atom stereocenters. The van der Waals surface area contributed by atoms with Gasteiger partial charge in [0, 0.05) is 17.8 Å². The standard InChI is InChI=1S/C12H21N3/c1-5-14-11(8(2)3)10-9(4)6-7-15-12(10)13/h6-8,11,14H,5H2,1-4H3,(H2,13,15). The summed E-state index contributed by atoms with van der Waals surface area (Å²) in [6.45, 7) is 9.52. The Morgan fingerprint density at radius 1 is 1.47 bits per heavy atom. The predicted octanol–water partition coefficient (Wildman–Crippen LogP) is 2.28. The number of aromatic nitrogens is 1. The largest absolute Gasteiger partial charge is 0.383 e. The fourth-order valence-electron chi connectivity index (χ4n) is 1.89. The molecule has 3 N–H and O–H groups in total. The van der Waals surface area contributed by atoms with Crippen molar-refractivity contribution in [1.82, 2.24) is 10.3 Å². The van der Waals surface area contributed by atoms with Crippen LogP contribution in [0.2, 0.25) is 0 Å². The van der Waals surface area contributed by atoms with E-state index < -0.39 is 0 Å². The second-order valence-electron chi connectivity index (χ2n) is 4.21. The number of aryl methyl sites for hydroxylation is 1. The molecule has 3 heteroatoms. The molecule has 0 spiro atoms. The molecule has 0 saturated carbocycles. The first kappa shape index (κ1) is 12.0. The number of nitrogens with two attached hydrogens (primary N) is 1. The molecule has 1 unspecified atom stereocenters. The number of anilines is 1. The maximum Gasteiger partial charge on any atom is 0.128 e. The molecule has 0 aliphatic carbocycles. The van der Waals surface area contributed by atoms with Crippen molar-refractivity contribution in [2.24, 2.45) is 5.92 Å². The van der Waals surface area contributed by atoms with Gasteiger partial charge in [0.1, 0.15) is 5.82 Å². The van der Waals surface area contributed by atoms with Crippen LogP contribution in [0.5, 0.6) is 0 Å². The lowest BCUT2D eigenvalue weighted by Gasteiger charge is -2.24. The second kappa shape index (κ2) is 5.12. The Hall–Kier alpha value is -1.09. The zero-order valence-corrected chi connectivity index (χ0v) is 10.0. The van der Waals surface area contributed by atoms with Gasteiger partial charge < -0.3 is 11.1 Å². The summed E-state index contributed by atoms with van der Waals surface area (Å²) in [5.74, 6) is 1.16. The van der Waals surface area contributed by atoms with Gasteiger partial charge in [-0.15, -0.1) is 0 Å². The molecule has 3 nitrogen and oxygen atoms in total. The molecule has 0 radical (unpaired) electrons. The maximum atomic E-state index is 5.94. The molecule has 0 saturated heterocycles. The molecule has 1 aromatic heterocycles. The average molecular weight is 207 g/mol. The number of nitrogens with zero attached hydrogens (tertiary/aromatic N) is 1. The fraction of sp³-hybridized carbons (Fsp3) is 0.583. The highest BCUT2D eigenvalue weighted by molar-refractivity contribution is 5.46. The molecule has 84 valence electrons. The topological polar surface area (TPSA) is 50.9 Å². The molecule has 0 fully saturated rings. The second-order valence-corrected chi connectivity index (χ2v) is 4.21. The normalized spacial score (nSPS) is 13.1. The highest BCUT2D eigenvalue weighted by atomic mass is 14.9. The maximum absolute atomic E-state index is 5.94. The summed E-state index contributed by atoms with van der Waals surface area (Å²) >= 11 is 0. The summed E-state index contributed by atoms with van der Waals surface area (Å²) in [5, 5.41) is 3.46. The Labute approximate surface area is 92.1 Å². The van der Waals surface area contributed by atoms with Crippen molar-refractivity contribution in [2.45, 2.75) is 33.7 Å². The third-order valence-electron chi connectivity index (χ3n) is 2.64. The van der Waals surface area contributed by atoms with Gasteiger partial charge in [0.2, 0.25) is 0 Å². The van der Waals surface area contributed by atoms with E-state index in [-0.39, 0.29) is 0 Å². The van der Waals surface area contributed by atoms with Crippen LogP contribution in [-0.2, 0) is 0 Å². The summed E-state index contributed by atoms with van der Waals surface area (Å²) in [6, 6.07) is 2.31. The Balaban J connectivity index is 3.10. The van der Waals surface area contributed by atoms with Crippen LogP contribution in [0.3, 0.4) is 0 Å². The van der Waals surface area contributed by atoms with E-state index in [1.54, 1.807) is 6.20 Å². The summed E-state index contributed by atoms with van der Waals surface area (Å²) in [5.41, 5.74) is 8.30. The van der Waals surface area contributed by atoms with Crippen molar-refractivity contribution in [1.29, 1.82) is 0 Å². The van der Waals surface area contributed by atoms with Gasteiger partial charge in [-0.2, -0.15) is 0 Å². The quantitative estimate of drug-likeness (QED) is 0.796. The Morgan fingerprint density at radius 2 is 2.13 bits per heavy atom. The van der Waals surface area contributed by atoms with Gasteiger partial charge in [0.25, 0.3) is 0 Å². The van der Waals surface area contributed by atoms with Gasteiger partial charge in [0.05, 0.1) is 0 Å². The predicted molar refractivity (Wildman–Crippen MR) is 64.6 cm³/mol. The van der Waals surface area contributed by atoms with Crippen molar-refractivity contribution < 1.29 is 0 Å². The van der Waals surface area contributed by atoms with E-state index in [1.807, 2.05) is 6.07 Å². The lowest BCUT2D eigenvalue weighted by atomic mass is 9.93. The number of pyridine rings is 1. The number of rotatable bonds is 4. The molecular formula is C12H21N3. The lowest BCUT2D eigenvalue weighted by Crippen LogP contribution is -2.27. The van der Waals surface area contributed by atoms with Crippen LogP contribution in [-0.4, -0.2) is 11.5 Å². The van der Waals surface area contributed by atoms with Crippen molar-refractivity contribution >= 4 is 5.82 Å². The number of nitrogens with one attached hydrogen (secondary N) is 1. The summed E-state index contributed by atoms with van der Waals surface area (Å²) < 4.78 is 0. The molecule has 0 aliphatic rings. The first-order valence-corrected chi connectivity index (χ1v) is 5.52. The van der Waals surface area contributed by atoms with Crippen LogP contribution >= 0.6 is 0 Å². The number of nitrogen functional groups attached to an aromatic ring is 1. The Bertz CT molecular complexity index is 300. The summed E-state index contributed by atoms with van der Waals surface area (Å²) in [7, 11) is 0. The first-order valence-electron chi connectivity index (χ1n) is 5.52. The molecular weight excluding hydrogens is 186 g/mol. The van der Waals surface area contributed by atoms with Gasteiger partial charge in [-0.1, -0.05) is 20.8 Å². The average Bonchev–Trinajstić information content (AvgIpc) is 2.15. The van der Waals surface area contributed by atoms with Crippen molar-refractivity contribution in [3.63, 3.8) is 0 Å². The number of hydrogen-bond acceptors (Lipinski definition) is 3. The lowest BCUT2D eigenvalue weighted by molar-refractivity contribution is 0.420. The van der Waals surface area contributed by atoms with Crippen molar-refractivity contribution in [3.05, 3.63) is 23.4 Å². The van der Waals surface area contributed by atoms with Gasteiger partial charge in [0.15, 0.2) is 0 Å². The molecule has 0 aromatic carbocycles. The highest BCUT2D eigenvalue weighted by Gasteiger charge is 2.19. The molecule has 1 rings (SSSR count). The van der Waals surface area contributed by atoms with Crippen LogP contribution < -0.4 is 11.1 Å². The van der Waals surface area contributed by atoms with Crippen molar-refractivity contribution in [2.75, 3.05) is 12.3 Å². The highest BCUT2D eigenvalue weighted by Crippen LogP contribution is 2.27. The van der Waals surface area contributed by atoms with E-state index in [2.05, 4.69) is 38.0 Å². The van der Waals surface area contributed by atoms with E-state index in [0.29, 0.717) is 17.8 Å². The molecule has 1 aromatic rings. The Kier molecular flexibility index (Phi) is 4.09. The van der Waals surface area contributed by atoms with E-state index in [1.165, 1.54) is 5.56 Å². The van der Waals surface area contributed by atoms with E-state index >= 15 is 0 Å². The first-order chi connectivity index (χ1) is 7.07. The smallest absolute Gasteiger partial charge is 0.128 e. The zero-order valence-electron chi connectivity index (χ0n) is 10.0. The SMILES string of the molecule is CCNC(c1c(C)ccnc1N)C(C)C.